The van der Waals surface area contributed by atoms with Crippen LogP contribution < -0.4 is 5.32 Å². The van der Waals surface area contributed by atoms with Crippen molar-refractivity contribution in [3.8, 4) is 0 Å². The molecular formula is C27H31N5O3. The zero-order valence-electron chi connectivity index (χ0n) is 20.5. The van der Waals surface area contributed by atoms with Crippen molar-refractivity contribution in [2.45, 2.75) is 26.3 Å². The van der Waals surface area contributed by atoms with Crippen LogP contribution in [-0.2, 0) is 11.8 Å². The second-order valence-electron chi connectivity index (χ2n) is 9.21. The van der Waals surface area contributed by atoms with Gasteiger partial charge in [-0.05, 0) is 42.7 Å². The fourth-order valence-corrected chi connectivity index (χ4v) is 4.78. The summed E-state index contributed by atoms with van der Waals surface area (Å²) in [5.74, 6) is -0.0174. The number of fused-ring (bicyclic) bond motifs is 2. The average molecular weight is 474 g/mol. The van der Waals surface area contributed by atoms with Crippen LogP contribution in [0.4, 0.5) is 10.5 Å². The molecule has 2 aromatic carbocycles. The normalized spacial score (nSPS) is 17.6. The minimum absolute atomic E-state index is 0.00447. The molecule has 2 aliphatic heterocycles. The Morgan fingerprint density at radius 3 is 2.63 bits per heavy atom. The molecule has 2 amide bonds. The summed E-state index contributed by atoms with van der Waals surface area (Å²) in [5, 5.41) is 9.07. The number of nitrogens with zero attached hydrogens (tertiary/aromatic N) is 4. The Balaban J connectivity index is 1.31. The van der Waals surface area contributed by atoms with Crippen LogP contribution in [0.1, 0.15) is 47.8 Å². The number of carbonyl (C=O) groups is 2. The molecule has 5 rings (SSSR count). The van der Waals surface area contributed by atoms with E-state index in [1.165, 1.54) is 5.57 Å². The van der Waals surface area contributed by atoms with E-state index in [1.54, 1.807) is 4.90 Å². The Labute approximate surface area is 205 Å². The number of hydrogen-bond acceptors (Lipinski definition) is 5. The molecule has 1 aromatic heterocycles. The third-order valence-corrected chi connectivity index (χ3v) is 6.81. The number of piperazine rings is 1. The topological polar surface area (TPSA) is 79.7 Å². The molecule has 35 heavy (non-hydrogen) atoms. The molecule has 0 radical (unpaired) electrons. The molecule has 0 bridgehead atoms. The number of rotatable bonds is 4. The molecule has 3 heterocycles. The van der Waals surface area contributed by atoms with E-state index in [-0.39, 0.29) is 18.0 Å². The van der Waals surface area contributed by atoms with Crippen LogP contribution in [0, 0.1) is 0 Å². The van der Waals surface area contributed by atoms with E-state index >= 15 is 0 Å². The van der Waals surface area contributed by atoms with Gasteiger partial charge in [-0.1, -0.05) is 31.2 Å². The molecule has 8 nitrogen and oxygen atoms in total. The lowest BCUT2D eigenvalue weighted by Gasteiger charge is -2.34. The first-order valence-electron chi connectivity index (χ1n) is 12.2. The molecule has 0 spiro atoms. The van der Waals surface area contributed by atoms with Gasteiger partial charge in [0, 0.05) is 55.4 Å². The summed E-state index contributed by atoms with van der Waals surface area (Å²) in [6, 6.07) is 12.2. The molecule has 182 valence electrons. The predicted octanol–water partition coefficient (Wildman–Crippen LogP) is 4.45. The highest BCUT2D eigenvalue weighted by Crippen LogP contribution is 2.36. The highest BCUT2D eigenvalue weighted by Gasteiger charge is 2.27. The number of nitrogens with one attached hydrogen (secondary N) is 1. The third kappa shape index (κ3) is 4.48. The molecule has 1 fully saturated rings. The van der Waals surface area contributed by atoms with Gasteiger partial charge in [0.25, 0.3) is 5.91 Å². The van der Waals surface area contributed by atoms with Crippen LogP contribution >= 0.6 is 0 Å². The summed E-state index contributed by atoms with van der Waals surface area (Å²) in [5.41, 5.74) is 6.10. The predicted molar refractivity (Wildman–Crippen MR) is 136 cm³/mol. The van der Waals surface area contributed by atoms with E-state index in [9.17, 15) is 9.59 Å². The van der Waals surface area contributed by atoms with Crippen molar-refractivity contribution < 1.29 is 14.3 Å². The fourth-order valence-electron chi connectivity index (χ4n) is 4.78. The van der Waals surface area contributed by atoms with Crippen LogP contribution in [0.15, 0.2) is 48.7 Å². The standard InChI is InChI=1S/C27H31N5O3/c1-4-13-35-27(34)32-11-9-31(10-12-32)26(33)20-7-8-22-18(2)14-23(29-24(22)15-20)19-5-6-21-17-28-30(3)25(21)16-19/h5-8,14-17,23,29H,4,9-13H2,1-3H3. The van der Waals surface area contributed by atoms with Gasteiger partial charge < -0.3 is 19.9 Å². The summed E-state index contributed by atoms with van der Waals surface area (Å²) in [7, 11) is 1.95. The van der Waals surface area contributed by atoms with E-state index in [1.807, 2.05) is 47.9 Å². The van der Waals surface area contributed by atoms with Crippen molar-refractivity contribution in [3.63, 3.8) is 0 Å². The van der Waals surface area contributed by atoms with Gasteiger partial charge in [-0.25, -0.2) is 4.79 Å². The van der Waals surface area contributed by atoms with Crippen LogP contribution in [0.5, 0.6) is 0 Å². The van der Waals surface area contributed by atoms with Crippen molar-refractivity contribution in [1.29, 1.82) is 0 Å². The van der Waals surface area contributed by atoms with E-state index in [0.717, 1.165) is 34.1 Å². The lowest BCUT2D eigenvalue weighted by molar-refractivity contribution is 0.0560. The summed E-state index contributed by atoms with van der Waals surface area (Å²) >= 11 is 0. The van der Waals surface area contributed by atoms with Crippen molar-refractivity contribution >= 4 is 34.2 Å². The van der Waals surface area contributed by atoms with Crippen LogP contribution in [-0.4, -0.2) is 64.4 Å². The maximum atomic E-state index is 13.3. The second kappa shape index (κ2) is 9.44. The van der Waals surface area contributed by atoms with Crippen molar-refractivity contribution in [1.82, 2.24) is 19.6 Å². The highest BCUT2D eigenvalue weighted by molar-refractivity contribution is 5.97. The molecule has 3 aromatic rings. The maximum absolute atomic E-state index is 13.3. The number of allylic oxidation sites excluding steroid dienone is 1. The van der Waals surface area contributed by atoms with Gasteiger partial charge in [-0.3, -0.25) is 9.48 Å². The van der Waals surface area contributed by atoms with Crippen LogP contribution in [0.25, 0.3) is 16.5 Å². The number of aromatic nitrogens is 2. The van der Waals surface area contributed by atoms with Gasteiger partial charge in [0.05, 0.1) is 24.4 Å². The molecule has 0 saturated carbocycles. The van der Waals surface area contributed by atoms with Gasteiger partial charge in [0.2, 0.25) is 0 Å². The summed E-state index contributed by atoms with van der Waals surface area (Å²) < 4.78 is 7.10. The van der Waals surface area contributed by atoms with E-state index < -0.39 is 0 Å². The monoisotopic (exact) mass is 473 g/mol. The minimum Gasteiger partial charge on any atom is -0.449 e. The second-order valence-corrected chi connectivity index (χ2v) is 9.21. The number of benzene rings is 2. The summed E-state index contributed by atoms with van der Waals surface area (Å²) in [6.07, 6.45) is 4.59. The lowest BCUT2D eigenvalue weighted by Crippen LogP contribution is -2.50. The Kier molecular flexibility index (Phi) is 6.19. The molecule has 1 atom stereocenters. The average Bonchev–Trinajstić information content (AvgIpc) is 3.26. The first-order valence-corrected chi connectivity index (χ1v) is 12.2. The van der Waals surface area contributed by atoms with Gasteiger partial charge >= 0.3 is 6.09 Å². The fraction of sp³-hybridized carbons (Fsp3) is 0.370. The first kappa shape index (κ1) is 23.0. The largest absolute Gasteiger partial charge is 0.449 e. The van der Waals surface area contributed by atoms with Gasteiger partial charge in [0.1, 0.15) is 0 Å². The van der Waals surface area contributed by atoms with E-state index in [4.69, 9.17) is 4.74 Å². The van der Waals surface area contributed by atoms with Gasteiger partial charge in [0.15, 0.2) is 0 Å². The molecule has 1 unspecified atom stereocenters. The minimum atomic E-state index is -0.297. The maximum Gasteiger partial charge on any atom is 0.409 e. The van der Waals surface area contributed by atoms with E-state index in [0.29, 0.717) is 38.3 Å². The molecule has 0 aliphatic carbocycles. The number of hydrogen-bond donors (Lipinski definition) is 1. The zero-order chi connectivity index (χ0) is 24.5. The van der Waals surface area contributed by atoms with E-state index in [2.05, 4.69) is 41.6 Å². The number of anilines is 1. The summed E-state index contributed by atoms with van der Waals surface area (Å²) in [4.78, 5) is 28.8. The number of carbonyl (C=O) groups excluding carboxylic acids is 2. The molecule has 2 aliphatic rings. The Bertz CT molecular complexity index is 1300. The first-order chi connectivity index (χ1) is 16.9. The Morgan fingerprint density at radius 1 is 1.09 bits per heavy atom. The smallest absolute Gasteiger partial charge is 0.409 e. The lowest BCUT2D eigenvalue weighted by atomic mass is 9.93. The number of amides is 2. The van der Waals surface area contributed by atoms with Gasteiger partial charge in [-0.15, -0.1) is 0 Å². The molecule has 1 saturated heterocycles. The number of aryl methyl sites for hydroxylation is 1. The van der Waals surface area contributed by atoms with Crippen molar-refractivity contribution in [2.75, 3.05) is 38.1 Å². The summed E-state index contributed by atoms with van der Waals surface area (Å²) in [6.45, 7) is 6.46. The number of ether oxygens (including phenoxy) is 1. The van der Waals surface area contributed by atoms with Crippen molar-refractivity contribution in [3.05, 3.63) is 65.4 Å². The quantitative estimate of drug-likeness (QED) is 0.606. The highest BCUT2D eigenvalue weighted by atomic mass is 16.6. The van der Waals surface area contributed by atoms with Crippen LogP contribution in [0.3, 0.4) is 0 Å². The third-order valence-electron chi connectivity index (χ3n) is 6.81. The zero-order valence-corrected chi connectivity index (χ0v) is 20.5. The van der Waals surface area contributed by atoms with Crippen LogP contribution in [0.2, 0.25) is 0 Å². The Morgan fingerprint density at radius 2 is 1.86 bits per heavy atom. The van der Waals surface area contributed by atoms with Gasteiger partial charge in [-0.2, -0.15) is 5.10 Å². The molecule has 1 N–H and O–H groups in total. The molecular weight excluding hydrogens is 442 g/mol. The van der Waals surface area contributed by atoms with Crippen molar-refractivity contribution in [2.24, 2.45) is 7.05 Å². The molecule has 8 heteroatoms. The Hall–Kier alpha value is -3.81. The SMILES string of the molecule is CCCOC(=O)N1CCN(C(=O)c2ccc3c(c2)NC(c2ccc4cnn(C)c4c2)C=C3C)CC1.